The van der Waals surface area contributed by atoms with Crippen LogP contribution in [-0.4, -0.2) is 63.1 Å². The van der Waals surface area contributed by atoms with Gasteiger partial charge < -0.3 is 10.2 Å². The molecule has 1 unspecified atom stereocenters. The summed E-state index contributed by atoms with van der Waals surface area (Å²) < 4.78 is 2.06. The Morgan fingerprint density at radius 3 is 3.08 bits per heavy atom. The maximum atomic E-state index is 4.45. The molecular weight excluding hydrogens is 447 g/mol. The Labute approximate surface area is 170 Å². The van der Waals surface area contributed by atoms with Crippen molar-refractivity contribution in [2.45, 2.75) is 31.4 Å². The van der Waals surface area contributed by atoms with E-state index in [0.717, 1.165) is 55.2 Å². The molecule has 2 aromatic rings. The van der Waals surface area contributed by atoms with Crippen molar-refractivity contribution in [2.24, 2.45) is 4.99 Å². The maximum absolute atomic E-state index is 4.45. The van der Waals surface area contributed by atoms with Crippen LogP contribution in [0.3, 0.4) is 0 Å². The second kappa shape index (κ2) is 10.2. The van der Waals surface area contributed by atoms with Gasteiger partial charge in [0.25, 0.3) is 0 Å². The van der Waals surface area contributed by atoms with Gasteiger partial charge in [0.2, 0.25) is 0 Å². The Hall–Kier alpha value is -1.03. The van der Waals surface area contributed by atoms with Gasteiger partial charge in [-0.2, -0.15) is 11.8 Å². The number of aromatic nitrogens is 3. The highest BCUT2D eigenvalue weighted by atomic mass is 127. The first-order valence-electron chi connectivity index (χ1n) is 8.67. The van der Waals surface area contributed by atoms with E-state index >= 15 is 0 Å². The van der Waals surface area contributed by atoms with Crippen molar-refractivity contribution in [1.82, 2.24) is 24.8 Å². The molecule has 1 N–H and O–H groups in total. The van der Waals surface area contributed by atoms with Crippen LogP contribution < -0.4 is 5.32 Å². The van der Waals surface area contributed by atoms with Crippen LogP contribution in [0.4, 0.5) is 0 Å². The van der Waals surface area contributed by atoms with E-state index in [9.17, 15) is 0 Å². The van der Waals surface area contributed by atoms with Crippen molar-refractivity contribution in [1.29, 1.82) is 0 Å². The number of fused-ring (bicyclic) bond motifs is 1. The van der Waals surface area contributed by atoms with E-state index in [1.807, 2.05) is 31.4 Å². The Kier molecular flexibility index (Phi) is 8.28. The fraction of sp³-hybridized carbons (Fsp3) is 0.588. The molecule has 25 heavy (non-hydrogen) atoms. The minimum absolute atomic E-state index is 0. The highest BCUT2D eigenvalue weighted by Crippen LogP contribution is 2.20. The first kappa shape index (κ1) is 20.3. The zero-order valence-corrected chi connectivity index (χ0v) is 18.0. The van der Waals surface area contributed by atoms with Crippen LogP contribution in [0.2, 0.25) is 0 Å². The summed E-state index contributed by atoms with van der Waals surface area (Å²) in [4.78, 5) is 6.84. The lowest BCUT2D eigenvalue weighted by atomic mass is 10.3. The third kappa shape index (κ3) is 5.22. The number of thioether (sulfide) groups is 1. The van der Waals surface area contributed by atoms with E-state index in [1.165, 1.54) is 12.2 Å². The molecule has 0 spiro atoms. The molecule has 8 heteroatoms. The van der Waals surface area contributed by atoms with Gasteiger partial charge in [0.05, 0.1) is 0 Å². The average Bonchev–Trinajstić information content (AvgIpc) is 3.05. The second-order valence-electron chi connectivity index (χ2n) is 5.97. The van der Waals surface area contributed by atoms with Crippen molar-refractivity contribution < 1.29 is 0 Å². The summed E-state index contributed by atoms with van der Waals surface area (Å²) in [6, 6.07) is 5.98. The molecule has 1 aliphatic rings. The molecule has 0 amide bonds. The zero-order chi connectivity index (χ0) is 16.8. The fourth-order valence-electron chi connectivity index (χ4n) is 3.00. The molecule has 3 heterocycles. The maximum Gasteiger partial charge on any atom is 0.193 e. The monoisotopic (exact) mass is 474 g/mol. The van der Waals surface area contributed by atoms with Gasteiger partial charge in [-0.05, 0) is 25.0 Å². The topological polar surface area (TPSA) is 57.8 Å². The summed E-state index contributed by atoms with van der Waals surface area (Å²) in [5, 5.41) is 12.7. The zero-order valence-electron chi connectivity index (χ0n) is 14.9. The lowest BCUT2D eigenvalue weighted by Crippen LogP contribution is -2.48. The van der Waals surface area contributed by atoms with Gasteiger partial charge in [-0.15, -0.1) is 34.2 Å². The van der Waals surface area contributed by atoms with Gasteiger partial charge >= 0.3 is 0 Å². The number of aliphatic imine (C=N–C) groups is 1. The predicted octanol–water partition coefficient (Wildman–Crippen LogP) is 2.68. The van der Waals surface area contributed by atoms with Crippen molar-refractivity contribution >= 4 is 47.3 Å². The number of pyridine rings is 1. The van der Waals surface area contributed by atoms with E-state index in [2.05, 4.69) is 48.5 Å². The molecule has 2 aromatic heterocycles. The van der Waals surface area contributed by atoms with Gasteiger partial charge in [0.1, 0.15) is 5.82 Å². The molecule has 1 atom stereocenters. The van der Waals surface area contributed by atoms with Crippen LogP contribution in [0.15, 0.2) is 29.4 Å². The summed E-state index contributed by atoms with van der Waals surface area (Å²) in [5.74, 6) is 3.23. The van der Waals surface area contributed by atoms with Crippen molar-refractivity contribution in [3.8, 4) is 0 Å². The number of nitrogens with one attached hydrogen (secondary N) is 1. The number of rotatable bonds is 5. The standard InChI is InChI=1S/C17H26N6S.HI/c1-3-14-13-22(11-12-24-14)17(18-2)19-9-6-8-16-21-20-15-7-4-5-10-23(15)16;/h4-5,7,10,14H,3,6,8-9,11-13H2,1-2H3,(H,18,19);1H. The summed E-state index contributed by atoms with van der Waals surface area (Å²) in [6.45, 7) is 5.33. The lowest BCUT2D eigenvalue weighted by molar-refractivity contribution is 0.408. The number of nitrogens with zero attached hydrogens (tertiary/aromatic N) is 5. The van der Waals surface area contributed by atoms with Crippen LogP contribution >= 0.6 is 35.7 Å². The number of guanidine groups is 1. The Balaban J connectivity index is 0.00000225. The lowest BCUT2D eigenvalue weighted by Gasteiger charge is -2.34. The average molecular weight is 474 g/mol. The minimum atomic E-state index is 0. The summed E-state index contributed by atoms with van der Waals surface area (Å²) in [5.41, 5.74) is 0.910. The molecule has 0 saturated carbocycles. The van der Waals surface area contributed by atoms with Crippen LogP contribution in [0, 0.1) is 0 Å². The second-order valence-corrected chi connectivity index (χ2v) is 7.38. The minimum Gasteiger partial charge on any atom is -0.356 e. The molecule has 1 aliphatic heterocycles. The van der Waals surface area contributed by atoms with E-state index in [-0.39, 0.29) is 24.0 Å². The molecule has 6 nitrogen and oxygen atoms in total. The number of halogens is 1. The molecule has 0 aliphatic carbocycles. The van der Waals surface area contributed by atoms with Gasteiger partial charge in [0.15, 0.2) is 11.6 Å². The molecule has 0 bridgehead atoms. The Morgan fingerprint density at radius 2 is 2.28 bits per heavy atom. The highest BCUT2D eigenvalue weighted by molar-refractivity contribution is 14.0. The first-order chi connectivity index (χ1) is 11.8. The largest absolute Gasteiger partial charge is 0.356 e. The molecule has 0 radical (unpaired) electrons. The van der Waals surface area contributed by atoms with E-state index < -0.39 is 0 Å². The van der Waals surface area contributed by atoms with Gasteiger partial charge in [-0.25, -0.2) is 0 Å². The third-order valence-electron chi connectivity index (χ3n) is 4.35. The fourth-order valence-corrected chi connectivity index (χ4v) is 4.18. The summed E-state index contributed by atoms with van der Waals surface area (Å²) in [6.07, 6.45) is 5.16. The van der Waals surface area contributed by atoms with Gasteiger partial charge in [0, 0.05) is 50.3 Å². The van der Waals surface area contributed by atoms with Crippen molar-refractivity contribution in [3.05, 3.63) is 30.2 Å². The van der Waals surface area contributed by atoms with Crippen molar-refractivity contribution in [3.63, 3.8) is 0 Å². The Bertz CT molecular complexity index is 689. The molecule has 1 saturated heterocycles. The Morgan fingerprint density at radius 1 is 1.40 bits per heavy atom. The van der Waals surface area contributed by atoms with Gasteiger partial charge in [-0.1, -0.05) is 13.0 Å². The molecule has 0 aromatic carbocycles. The van der Waals surface area contributed by atoms with Crippen molar-refractivity contribution in [2.75, 3.05) is 32.4 Å². The van der Waals surface area contributed by atoms with E-state index in [0.29, 0.717) is 0 Å². The normalized spacial score (nSPS) is 18.2. The van der Waals surface area contributed by atoms with Crippen LogP contribution in [0.1, 0.15) is 25.6 Å². The van der Waals surface area contributed by atoms with E-state index in [1.54, 1.807) is 0 Å². The highest BCUT2D eigenvalue weighted by Gasteiger charge is 2.21. The first-order valence-corrected chi connectivity index (χ1v) is 9.72. The molecule has 1 fully saturated rings. The number of aryl methyl sites for hydroxylation is 1. The van der Waals surface area contributed by atoms with Gasteiger partial charge in [-0.3, -0.25) is 9.39 Å². The smallest absolute Gasteiger partial charge is 0.193 e. The molecule has 138 valence electrons. The third-order valence-corrected chi connectivity index (χ3v) is 5.72. The molecule has 3 rings (SSSR count). The SMILES string of the molecule is CCC1CN(C(=NC)NCCCc2nnc3ccccn23)CCS1.I. The molecular formula is C17H27IN6S. The quantitative estimate of drug-likeness (QED) is 0.313. The summed E-state index contributed by atoms with van der Waals surface area (Å²) in [7, 11) is 1.87. The predicted molar refractivity (Wildman–Crippen MR) is 116 cm³/mol. The summed E-state index contributed by atoms with van der Waals surface area (Å²) >= 11 is 2.08. The van der Waals surface area contributed by atoms with Crippen LogP contribution in [0.25, 0.3) is 5.65 Å². The number of hydrogen-bond acceptors (Lipinski definition) is 4. The number of hydrogen-bond donors (Lipinski definition) is 1. The van der Waals surface area contributed by atoms with Crippen LogP contribution in [0.5, 0.6) is 0 Å². The van der Waals surface area contributed by atoms with Crippen LogP contribution in [-0.2, 0) is 6.42 Å². The van der Waals surface area contributed by atoms with E-state index in [4.69, 9.17) is 0 Å².